The molecule has 4 aromatic rings. The van der Waals surface area contributed by atoms with Crippen LogP contribution in [-0.4, -0.2) is 55.3 Å². The summed E-state index contributed by atoms with van der Waals surface area (Å²) >= 11 is 0. The number of likely N-dealkylation sites (tertiary alicyclic amines) is 1. The van der Waals surface area contributed by atoms with Crippen LogP contribution in [0.2, 0.25) is 0 Å². The standard InChI is InChI=1S/C28H25N7O3/c1-2-5-23(36)35-20(14-19-15-38-16-21(19)35)27-33-24(25-26(29)31-12-13-34(25)27)17-7-9-18(10-8-17)28(37)32-22-6-3-4-11-30-22/h3-4,6-13,19-21H,14-16H2,1H3,(H2,29,31)(H,30,32,37)/t19-,20-,21+/m0/s1. The molecule has 1 aromatic carbocycles. The van der Waals surface area contributed by atoms with Gasteiger partial charge >= 0.3 is 0 Å². The number of benzene rings is 1. The fraction of sp³-hybridized carbons (Fsp3) is 0.250. The number of carbonyl (C=O) groups is 2. The Morgan fingerprint density at radius 1 is 1.11 bits per heavy atom. The molecule has 0 saturated carbocycles. The largest absolute Gasteiger partial charge is 0.382 e. The van der Waals surface area contributed by atoms with Crippen LogP contribution in [0.3, 0.4) is 0 Å². The van der Waals surface area contributed by atoms with E-state index in [1.54, 1.807) is 49.6 Å². The predicted octanol–water partition coefficient (Wildman–Crippen LogP) is 2.94. The number of pyridine rings is 1. The minimum absolute atomic E-state index is 0.0414. The molecule has 0 radical (unpaired) electrons. The van der Waals surface area contributed by atoms with Gasteiger partial charge in [0.15, 0.2) is 0 Å². The van der Waals surface area contributed by atoms with E-state index in [4.69, 9.17) is 15.5 Å². The van der Waals surface area contributed by atoms with E-state index in [2.05, 4.69) is 27.1 Å². The lowest BCUT2D eigenvalue weighted by Crippen LogP contribution is -2.39. The maximum Gasteiger partial charge on any atom is 0.299 e. The Labute approximate surface area is 218 Å². The third-order valence-corrected chi connectivity index (χ3v) is 7.09. The number of aromatic nitrogens is 4. The van der Waals surface area contributed by atoms with Crippen LogP contribution in [0.4, 0.5) is 11.6 Å². The van der Waals surface area contributed by atoms with Gasteiger partial charge in [-0.15, -0.1) is 0 Å². The monoisotopic (exact) mass is 507 g/mol. The Bertz CT molecular complexity index is 1590. The minimum atomic E-state index is -0.284. The first-order chi connectivity index (χ1) is 18.5. The molecule has 0 spiro atoms. The number of nitrogens with one attached hydrogen (secondary N) is 1. The van der Waals surface area contributed by atoms with Gasteiger partial charge in [-0.2, -0.15) is 0 Å². The van der Waals surface area contributed by atoms with Crippen molar-refractivity contribution < 1.29 is 14.3 Å². The number of anilines is 2. The Hall–Kier alpha value is -4.75. The lowest BCUT2D eigenvalue weighted by molar-refractivity contribution is -0.128. The van der Waals surface area contributed by atoms with Gasteiger partial charge in [-0.25, -0.2) is 15.0 Å². The van der Waals surface area contributed by atoms with E-state index in [9.17, 15) is 9.59 Å². The highest BCUT2D eigenvalue weighted by Gasteiger charge is 2.48. The van der Waals surface area contributed by atoms with Crippen molar-refractivity contribution in [2.45, 2.75) is 25.4 Å². The van der Waals surface area contributed by atoms with E-state index in [1.165, 1.54) is 0 Å². The fourth-order valence-corrected chi connectivity index (χ4v) is 5.37. The van der Waals surface area contributed by atoms with Gasteiger partial charge in [0.25, 0.3) is 11.8 Å². The van der Waals surface area contributed by atoms with Crippen molar-refractivity contribution in [3.8, 4) is 23.1 Å². The number of nitrogen functional groups attached to an aromatic ring is 1. The van der Waals surface area contributed by atoms with E-state index in [0.717, 1.165) is 12.0 Å². The number of hydrogen-bond donors (Lipinski definition) is 2. The number of fused-ring (bicyclic) bond motifs is 2. The summed E-state index contributed by atoms with van der Waals surface area (Å²) in [6, 6.07) is 12.1. The van der Waals surface area contributed by atoms with E-state index in [0.29, 0.717) is 47.4 Å². The molecule has 38 heavy (non-hydrogen) atoms. The highest BCUT2D eigenvalue weighted by atomic mass is 16.5. The molecule has 190 valence electrons. The second-order valence-electron chi connectivity index (χ2n) is 9.30. The van der Waals surface area contributed by atoms with Crippen molar-refractivity contribution in [3.63, 3.8) is 0 Å². The van der Waals surface area contributed by atoms with Crippen molar-refractivity contribution in [1.29, 1.82) is 0 Å². The Morgan fingerprint density at radius 3 is 2.71 bits per heavy atom. The highest BCUT2D eigenvalue weighted by Crippen LogP contribution is 2.44. The first kappa shape index (κ1) is 23.6. The average Bonchev–Trinajstić information content (AvgIpc) is 3.63. The predicted molar refractivity (Wildman–Crippen MR) is 141 cm³/mol. The summed E-state index contributed by atoms with van der Waals surface area (Å²) in [6.45, 7) is 2.74. The van der Waals surface area contributed by atoms with Gasteiger partial charge < -0.3 is 20.7 Å². The summed E-state index contributed by atoms with van der Waals surface area (Å²) in [7, 11) is 0. The molecule has 6 rings (SSSR count). The molecule has 2 saturated heterocycles. The SMILES string of the molecule is CC#CC(=O)N1[C@@H]2COC[C@@H]2C[C@H]1c1nc(-c2ccc(C(=O)Nc3ccccn3)cc2)c2c(N)nccn12. The average molecular weight is 508 g/mol. The van der Waals surface area contributed by atoms with Crippen molar-refractivity contribution in [2.75, 3.05) is 24.3 Å². The van der Waals surface area contributed by atoms with Crippen LogP contribution in [0, 0.1) is 17.8 Å². The highest BCUT2D eigenvalue weighted by molar-refractivity contribution is 6.04. The van der Waals surface area contributed by atoms with Gasteiger partial charge in [0.2, 0.25) is 0 Å². The number of ether oxygens (including phenoxy) is 1. The summed E-state index contributed by atoms with van der Waals surface area (Å²) in [4.78, 5) is 41.0. The molecule has 5 heterocycles. The molecule has 3 N–H and O–H groups in total. The molecular weight excluding hydrogens is 482 g/mol. The molecule has 3 aromatic heterocycles. The number of nitrogens with zero attached hydrogens (tertiary/aromatic N) is 5. The normalized spacial score (nSPS) is 20.1. The minimum Gasteiger partial charge on any atom is -0.382 e. The molecule has 0 aliphatic carbocycles. The molecule has 2 aliphatic rings. The molecule has 0 bridgehead atoms. The number of hydrogen-bond acceptors (Lipinski definition) is 7. The Balaban J connectivity index is 1.38. The van der Waals surface area contributed by atoms with Gasteiger partial charge in [-0.3, -0.25) is 14.0 Å². The van der Waals surface area contributed by atoms with Crippen molar-refractivity contribution in [2.24, 2.45) is 5.92 Å². The van der Waals surface area contributed by atoms with E-state index < -0.39 is 0 Å². The maximum absolute atomic E-state index is 13.1. The van der Waals surface area contributed by atoms with Gasteiger partial charge in [-0.05, 0) is 43.5 Å². The van der Waals surface area contributed by atoms with Crippen LogP contribution in [0.5, 0.6) is 0 Å². The first-order valence-electron chi connectivity index (χ1n) is 12.3. The molecule has 2 amide bonds. The van der Waals surface area contributed by atoms with E-state index in [1.807, 2.05) is 27.6 Å². The summed E-state index contributed by atoms with van der Waals surface area (Å²) < 4.78 is 7.58. The number of rotatable bonds is 4. The summed E-state index contributed by atoms with van der Waals surface area (Å²) in [5.41, 5.74) is 8.87. The quantitative estimate of drug-likeness (QED) is 0.407. The smallest absolute Gasteiger partial charge is 0.299 e. The number of nitrogens with two attached hydrogens (primary N) is 1. The molecule has 3 atom stereocenters. The van der Waals surface area contributed by atoms with Crippen LogP contribution >= 0.6 is 0 Å². The third-order valence-electron chi connectivity index (χ3n) is 7.09. The van der Waals surface area contributed by atoms with Gasteiger partial charge in [-0.1, -0.05) is 24.1 Å². The topological polar surface area (TPSA) is 128 Å². The van der Waals surface area contributed by atoms with Crippen LogP contribution in [0.1, 0.15) is 35.6 Å². The van der Waals surface area contributed by atoms with Crippen LogP contribution < -0.4 is 11.1 Å². The molecule has 2 aliphatic heterocycles. The maximum atomic E-state index is 13.1. The zero-order valence-electron chi connectivity index (χ0n) is 20.7. The van der Waals surface area contributed by atoms with Gasteiger partial charge in [0, 0.05) is 35.6 Å². The van der Waals surface area contributed by atoms with Crippen LogP contribution in [0.25, 0.3) is 16.8 Å². The summed E-state index contributed by atoms with van der Waals surface area (Å²) in [5, 5.41) is 2.78. The molecule has 10 heteroatoms. The van der Waals surface area contributed by atoms with Gasteiger partial charge in [0.1, 0.15) is 28.7 Å². The van der Waals surface area contributed by atoms with Crippen molar-refractivity contribution >= 4 is 29.0 Å². The van der Waals surface area contributed by atoms with Crippen molar-refractivity contribution in [3.05, 3.63) is 72.4 Å². The second kappa shape index (κ2) is 9.61. The number of carbonyl (C=O) groups excluding carboxylic acids is 2. The zero-order chi connectivity index (χ0) is 26.2. The first-order valence-corrected chi connectivity index (χ1v) is 12.3. The summed E-state index contributed by atoms with van der Waals surface area (Å²) in [5.74, 6) is 6.64. The lowest BCUT2D eigenvalue weighted by atomic mass is 10.0. The Kier molecular flexibility index (Phi) is 5.98. The molecule has 0 unspecified atom stereocenters. The third kappa shape index (κ3) is 4.03. The van der Waals surface area contributed by atoms with Gasteiger partial charge in [0.05, 0.1) is 25.3 Å². The fourth-order valence-electron chi connectivity index (χ4n) is 5.37. The van der Waals surface area contributed by atoms with E-state index >= 15 is 0 Å². The van der Waals surface area contributed by atoms with Crippen molar-refractivity contribution in [1.82, 2.24) is 24.3 Å². The second-order valence-corrected chi connectivity index (χ2v) is 9.30. The van der Waals surface area contributed by atoms with Crippen LogP contribution in [-0.2, 0) is 9.53 Å². The van der Waals surface area contributed by atoms with E-state index in [-0.39, 0.29) is 29.8 Å². The molecular formula is C28H25N7O3. The molecule has 10 nitrogen and oxygen atoms in total. The summed E-state index contributed by atoms with van der Waals surface area (Å²) in [6.07, 6.45) is 5.77. The Morgan fingerprint density at radius 2 is 1.95 bits per heavy atom. The zero-order valence-corrected chi connectivity index (χ0v) is 20.7. The number of amides is 2. The lowest BCUT2D eigenvalue weighted by Gasteiger charge is -2.26. The number of imidazole rings is 1. The molecule has 2 fully saturated rings. The van der Waals surface area contributed by atoms with Crippen LogP contribution in [0.15, 0.2) is 61.1 Å².